The van der Waals surface area contributed by atoms with Crippen LogP contribution in [0.2, 0.25) is 0 Å². The monoisotopic (exact) mass is 293 g/mol. The first kappa shape index (κ1) is 14.3. The predicted octanol–water partition coefficient (Wildman–Crippen LogP) is 1.91. The summed E-state index contributed by atoms with van der Waals surface area (Å²) in [6, 6.07) is 10.5. The molecule has 2 aromatic rings. The third kappa shape index (κ3) is 3.45. The van der Waals surface area contributed by atoms with Crippen molar-refractivity contribution in [2.45, 2.75) is 6.92 Å². The second-order valence-corrected chi connectivity index (χ2v) is 6.06. The molecule has 0 radical (unpaired) electrons. The fraction of sp³-hybridized carbons (Fsp3) is 0.231. The molecule has 0 spiro atoms. The molecule has 0 atom stereocenters. The van der Waals surface area contributed by atoms with Crippen molar-refractivity contribution in [2.75, 3.05) is 17.6 Å². The first-order valence-corrected chi connectivity index (χ1v) is 7.68. The molecule has 1 N–H and O–H groups in total. The average molecular weight is 293 g/mol. The molecule has 0 aliphatic rings. The zero-order valence-electron chi connectivity index (χ0n) is 11.2. The van der Waals surface area contributed by atoms with Crippen molar-refractivity contribution in [1.82, 2.24) is 10.2 Å². The van der Waals surface area contributed by atoms with E-state index in [1.807, 2.05) is 6.07 Å². The lowest BCUT2D eigenvalue weighted by atomic mass is 10.1. The minimum Gasteiger partial charge on any atom is -0.480 e. The molecule has 6 nitrogen and oxygen atoms in total. The van der Waals surface area contributed by atoms with Crippen LogP contribution in [-0.4, -0.2) is 31.5 Å². The number of hydrogen-bond acceptors (Lipinski definition) is 5. The van der Waals surface area contributed by atoms with Crippen LogP contribution in [-0.2, 0) is 10.0 Å². The Bertz CT molecular complexity index is 684. The summed E-state index contributed by atoms with van der Waals surface area (Å²) in [6.07, 6.45) is 0. The number of benzene rings is 1. The summed E-state index contributed by atoms with van der Waals surface area (Å²) < 4.78 is 30.5. The van der Waals surface area contributed by atoms with E-state index in [0.29, 0.717) is 17.3 Å². The molecule has 0 unspecified atom stereocenters. The molecule has 0 aliphatic heterocycles. The van der Waals surface area contributed by atoms with Gasteiger partial charge in [0.1, 0.15) is 0 Å². The highest BCUT2D eigenvalue weighted by Gasteiger charge is 2.08. The Morgan fingerprint density at radius 2 is 2.00 bits per heavy atom. The molecule has 1 aromatic heterocycles. The smallest absolute Gasteiger partial charge is 0.233 e. The maximum absolute atomic E-state index is 11.5. The van der Waals surface area contributed by atoms with E-state index in [1.54, 1.807) is 37.3 Å². The van der Waals surface area contributed by atoms with Crippen molar-refractivity contribution in [2.24, 2.45) is 0 Å². The van der Waals surface area contributed by atoms with Gasteiger partial charge in [-0.05, 0) is 25.1 Å². The molecule has 20 heavy (non-hydrogen) atoms. The van der Waals surface area contributed by atoms with Crippen LogP contribution in [0, 0.1) is 0 Å². The van der Waals surface area contributed by atoms with Gasteiger partial charge in [0.2, 0.25) is 15.9 Å². The largest absolute Gasteiger partial charge is 0.480 e. The summed E-state index contributed by atoms with van der Waals surface area (Å²) in [5.74, 6) is 0.455. The molecule has 0 aliphatic carbocycles. The molecule has 0 saturated heterocycles. The Morgan fingerprint density at radius 1 is 1.20 bits per heavy atom. The van der Waals surface area contributed by atoms with Gasteiger partial charge in [-0.3, -0.25) is 4.72 Å². The Kier molecular flexibility index (Phi) is 4.19. The second kappa shape index (κ2) is 5.87. The Balaban J connectivity index is 2.29. The highest BCUT2D eigenvalue weighted by molar-refractivity contribution is 7.92. The van der Waals surface area contributed by atoms with Gasteiger partial charge in [-0.25, -0.2) is 8.42 Å². The van der Waals surface area contributed by atoms with Gasteiger partial charge < -0.3 is 4.74 Å². The molecule has 0 saturated carbocycles. The maximum atomic E-state index is 11.5. The van der Waals surface area contributed by atoms with E-state index in [4.69, 9.17) is 4.74 Å². The van der Waals surface area contributed by atoms with Crippen LogP contribution < -0.4 is 9.46 Å². The Hall–Kier alpha value is -2.15. The zero-order valence-corrected chi connectivity index (χ0v) is 12.0. The van der Waals surface area contributed by atoms with Crippen molar-refractivity contribution in [3.63, 3.8) is 0 Å². The number of ether oxygens (including phenoxy) is 1. The number of anilines is 1. The van der Waals surface area contributed by atoms with Crippen LogP contribution in [0.1, 0.15) is 6.92 Å². The highest BCUT2D eigenvalue weighted by Crippen LogP contribution is 2.22. The summed E-state index contributed by atoms with van der Waals surface area (Å²) >= 11 is 0. The molecular formula is C13H15N3O3S. The maximum Gasteiger partial charge on any atom is 0.233 e. The number of nitrogens with one attached hydrogen (secondary N) is 1. The van der Waals surface area contributed by atoms with E-state index >= 15 is 0 Å². The molecule has 0 fully saturated rings. The standard InChI is InChI=1S/C13H15N3O3S/c1-3-20(17,18)16-11-6-4-5-10(9-11)12-7-8-13(19-2)15-14-12/h4-9,16H,3H2,1-2H3. The van der Waals surface area contributed by atoms with Crippen molar-refractivity contribution < 1.29 is 13.2 Å². The van der Waals surface area contributed by atoms with Crippen LogP contribution in [0.15, 0.2) is 36.4 Å². The molecular weight excluding hydrogens is 278 g/mol. The van der Waals surface area contributed by atoms with E-state index in [1.165, 1.54) is 7.11 Å². The van der Waals surface area contributed by atoms with Gasteiger partial charge in [-0.1, -0.05) is 12.1 Å². The fourth-order valence-electron chi connectivity index (χ4n) is 1.58. The minimum atomic E-state index is -3.29. The fourth-order valence-corrected chi connectivity index (χ4v) is 2.21. The summed E-state index contributed by atoms with van der Waals surface area (Å²) in [5, 5.41) is 7.91. The van der Waals surface area contributed by atoms with Crippen molar-refractivity contribution >= 4 is 15.7 Å². The van der Waals surface area contributed by atoms with Gasteiger partial charge >= 0.3 is 0 Å². The van der Waals surface area contributed by atoms with Gasteiger partial charge in [-0.15, -0.1) is 10.2 Å². The van der Waals surface area contributed by atoms with Gasteiger partial charge in [-0.2, -0.15) is 0 Å². The molecule has 1 heterocycles. The number of sulfonamides is 1. The van der Waals surface area contributed by atoms with Crippen LogP contribution in [0.5, 0.6) is 5.88 Å². The topological polar surface area (TPSA) is 81.2 Å². The van der Waals surface area contributed by atoms with E-state index in [9.17, 15) is 8.42 Å². The lowest BCUT2D eigenvalue weighted by molar-refractivity contribution is 0.392. The number of nitrogens with zero attached hydrogens (tertiary/aromatic N) is 2. The number of aromatic nitrogens is 2. The summed E-state index contributed by atoms with van der Waals surface area (Å²) in [4.78, 5) is 0. The van der Waals surface area contributed by atoms with Crippen LogP contribution in [0.3, 0.4) is 0 Å². The van der Waals surface area contributed by atoms with E-state index < -0.39 is 10.0 Å². The Labute approximate surface area is 117 Å². The van der Waals surface area contributed by atoms with Crippen molar-refractivity contribution in [3.05, 3.63) is 36.4 Å². The zero-order chi connectivity index (χ0) is 14.6. The SMILES string of the molecule is CCS(=O)(=O)Nc1cccc(-c2ccc(OC)nn2)c1. The molecule has 1 aromatic carbocycles. The molecule has 2 rings (SSSR count). The third-order valence-corrected chi connectivity index (χ3v) is 3.97. The number of hydrogen-bond donors (Lipinski definition) is 1. The predicted molar refractivity (Wildman–Crippen MR) is 77.1 cm³/mol. The van der Waals surface area contributed by atoms with E-state index in [0.717, 1.165) is 5.56 Å². The Morgan fingerprint density at radius 3 is 2.60 bits per heavy atom. The van der Waals surface area contributed by atoms with Gasteiger partial charge in [0, 0.05) is 17.3 Å². The summed E-state index contributed by atoms with van der Waals surface area (Å²) in [7, 11) is -1.77. The average Bonchev–Trinajstić information content (AvgIpc) is 2.47. The minimum absolute atomic E-state index is 0.0274. The molecule has 7 heteroatoms. The van der Waals surface area contributed by atoms with Crippen LogP contribution in [0.4, 0.5) is 5.69 Å². The lowest BCUT2D eigenvalue weighted by Crippen LogP contribution is -2.14. The van der Waals surface area contributed by atoms with E-state index in [-0.39, 0.29) is 5.75 Å². The van der Waals surface area contributed by atoms with Gasteiger partial charge in [0.25, 0.3) is 0 Å². The number of rotatable bonds is 5. The van der Waals surface area contributed by atoms with Crippen LogP contribution >= 0.6 is 0 Å². The third-order valence-electron chi connectivity index (χ3n) is 2.66. The second-order valence-electron chi connectivity index (χ2n) is 4.05. The summed E-state index contributed by atoms with van der Waals surface area (Å²) in [6.45, 7) is 1.58. The highest BCUT2D eigenvalue weighted by atomic mass is 32.2. The molecule has 0 amide bonds. The molecule has 0 bridgehead atoms. The van der Waals surface area contributed by atoms with Gasteiger partial charge in [0.05, 0.1) is 18.6 Å². The molecule has 106 valence electrons. The van der Waals surface area contributed by atoms with E-state index in [2.05, 4.69) is 14.9 Å². The normalized spacial score (nSPS) is 11.1. The van der Waals surface area contributed by atoms with Gasteiger partial charge in [0.15, 0.2) is 0 Å². The van der Waals surface area contributed by atoms with Crippen molar-refractivity contribution in [1.29, 1.82) is 0 Å². The van der Waals surface area contributed by atoms with Crippen molar-refractivity contribution in [3.8, 4) is 17.1 Å². The summed E-state index contributed by atoms with van der Waals surface area (Å²) in [5.41, 5.74) is 1.92. The number of methoxy groups -OCH3 is 1. The quantitative estimate of drug-likeness (QED) is 0.910. The first-order chi connectivity index (χ1) is 9.54. The van der Waals surface area contributed by atoms with Crippen LogP contribution in [0.25, 0.3) is 11.3 Å². The lowest BCUT2D eigenvalue weighted by Gasteiger charge is -2.07. The first-order valence-electron chi connectivity index (χ1n) is 6.02.